The standard InChI is InChI=1S/C8H9N3/c9-4-6-1-2-8-7(3-6)5-10-11-8/h1-2,7,10-11H,3,5H2. The number of nitriles is 1. The number of hydrogen-bond donors (Lipinski definition) is 2. The zero-order chi connectivity index (χ0) is 7.68. The largest absolute Gasteiger partial charge is 0.325 e. The van der Waals surface area contributed by atoms with Gasteiger partial charge in [0.1, 0.15) is 0 Å². The van der Waals surface area contributed by atoms with Crippen molar-refractivity contribution in [2.75, 3.05) is 6.54 Å². The summed E-state index contributed by atoms with van der Waals surface area (Å²) in [6.45, 7) is 0.935. The van der Waals surface area contributed by atoms with E-state index in [-0.39, 0.29) is 0 Å². The molecule has 1 fully saturated rings. The highest BCUT2D eigenvalue weighted by molar-refractivity contribution is 5.34. The van der Waals surface area contributed by atoms with Gasteiger partial charge < -0.3 is 5.43 Å². The van der Waals surface area contributed by atoms with Crippen molar-refractivity contribution >= 4 is 0 Å². The number of nitrogens with one attached hydrogen (secondary N) is 2. The monoisotopic (exact) mass is 147 g/mol. The van der Waals surface area contributed by atoms with Crippen molar-refractivity contribution in [3.8, 4) is 6.07 Å². The van der Waals surface area contributed by atoms with Gasteiger partial charge in [-0.25, -0.2) is 5.43 Å². The normalized spacial score (nSPS) is 27.7. The van der Waals surface area contributed by atoms with Crippen molar-refractivity contribution in [2.45, 2.75) is 6.42 Å². The van der Waals surface area contributed by atoms with Crippen molar-refractivity contribution in [2.24, 2.45) is 5.92 Å². The first kappa shape index (κ1) is 6.44. The Morgan fingerprint density at radius 1 is 1.55 bits per heavy atom. The fourth-order valence-corrected chi connectivity index (χ4v) is 1.45. The number of hydrogen-bond acceptors (Lipinski definition) is 3. The summed E-state index contributed by atoms with van der Waals surface area (Å²) < 4.78 is 0. The Labute approximate surface area is 65.4 Å². The zero-order valence-corrected chi connectivity index (χ0v) is 6.09. The van der Waals surface area contributed by atoms with Crippen LogP contribution in [0, 0.1) is 17.2 Å². The van der Waals surface area contributed by atoms with Gasteiger partial charge >= 0.3 is 0 Å². The Kier molecular flexibility index (Phi) is 1.41. The number of rotatable bonds is 0. The lowest BCUT2D eigenvalue weighted by Crippen LogP contribution is -2.20. The van der Waals surface area contributed by atoms with Crippen molar-refractivity contribution in [3.63, 3.8) is 0 Å². The highest BCUT2D eigenvalue weighted by Gasteiger charge is 2.23. The molecule has 3 nitrogen and oxygen atoms in total. The summed E-state index contributed by atoms with van der Waals surface area (Å²) in [6.07, 6.45) is 4.74. The average Bonchev–Trinajstić information content (AvgIpc) is 2.50. The molecule has 0 aromatic rings. The van der Waals surface area contributed by atoms with E-state index in [4.69, 9.17) is 5.26 Å². The van der Waals surface area contributed by atoms with Gasteiger partial charge in [0.25, 0.3) is 0 Å². The number of allylic oxidation sites excluding steroid dienone is 3. The van der Waals surface area contributed by atoms with Gasteiger partial charge in [0.15, 0.2) is 0 Å². The third-order valence-corrected chi connectivity index (χ3v) is 2.10. The summed E-state index contributed by atoms with van der Waals surface area (Å²) in [4.78, 5) is 0. The molecule has 2 aliphatic rings. The molecule has 0 bridgehead atoms. The summed E-state index contributed by atoms with van der Waals surface area (Å²) in [5.74, 6) is 0.495. The Morgan fingerprint density at radius 2 is 2.45 bits per heavy atom. The number of fused-ring (bicyclic) bond motifs is 1. The Bertz CT molecular complexity index is 270. The molecule has 0 aromatic carbocycles. The second-order valence-electron chi connectivity index (χ2n) is 2.83. The van der Waals surface area contributed by atoms with E-state index in [0.717, 1.165) is 18.5 Å². The minimum atomic E-state index is 0.495. The summed E-state index contributed by atoms with van der Waals surface area (Å²) in [5, 5.41) is 8.62. The average molecular weight is 147 g/mol. The number of hydrazine groups is 1. The van der Waals surface area contributed by atoms with Crippen LogP contribution in [-0.4, -0.2) is 6.54 Å². The van der Waals surface area contributed by atoms with E-state index in [2.05, 4.69) is 16.9 Å². The van der Waals surface area contributed by atoms with Crippen LogP contribution in [0.2, 0.25) is 0 Å². The molecule has 1 atom stereocenters. The van der Waals surface area contributed by atoms with Crippen molar-refractivity contribution in [3.05, 3.63) is 23.4 Å². The molecule has 0 radical (unpaired) electrons. The fraction of sp³-hybridized carbons (Fsp3) is 0.375. The van der Waals surface area contributed by atoms with Gasteiger partial charge in [0, 0.05) is 23.7 Å². The third-order valence-electron chi connectivity index (χ3n) is 2.10. The predicted molar refractivity (Wildman–Crippen MR) is 41.0 cm³/mol. The predicted octanol–water partition coefficient (Wildman–Crippen LogP) is 0.448. The first-order valence-corrected chi connectivity index (χ1v) is 3.70. The van der Waals surface area contributed by atoms with Gasteiger partial charge in [-0.05, 0) is 18.6 Å². The van der Waals surface area contributed by atoms with Gasteiger partial charge in [-0.1, -0.05) is 0 Å². The zero-order valence-electron chi connectivity index (χ0n) is 6.09. The molecule has 0 aromatic heterocycles. The van der Waals surface area contributed by atoms with Crippen LogP contribution >= 0.6 is 0 Å². The molecule has 0 saturated carbocycles. The molecule has 56 valence electrons. The van der Waals surface area contributed by atoms with E-state index in [1.807, 2.05) is 12.2 Å². The van der Waals surface area contributed by atoms with Crippen molar-refractivity contribution < 1.29 is 0 Å². The lowest BCUT2D eigenvalue weighted by Gasteiger charge is -2.12. The van der Waals surface area contributed by atoms with Crippen LogP contribution in [0.25, 0.3) is 0 Å². The SMILES string of the molecule is N#CC1=CC=C2NNCC2C1. The molecule has 1 aliphatic carbocycles. The quantitative estimate of drug-likeness (QED) is 0.523. The Hall–Kier alpha value is -1.27. The smallest absolute Gasteiger partial charge is 0.0947 e. The summed E-state index contributed by atoms with van der Waals surface area (Å²) >= 11 is 0. The summed E-state index contributed by atoms with van der Waals surface area (Å²) in [7, 11) is 0. The molecule has 0 amide bonds. The van der Waals surface area contributed by atoms with Gasteiger partial charge in [-0.15, -0.1) is 0 Å². The van der Waals surface area contributed by atoms with E-state index in [9.17, 15) is 0 Å². The van der Waals surface area contributed by atoms with E-state index < -0.39 is 0 Å². The first-order chi connectivity index (χ1) is 5.40. The van der Waals surface area contributed by atoms with E-state index in [1.165, 1.54) is 5.70 Å². The highest BCUT2D eigenvalue weighted by Crippen LogP contribution is 2.24. The number of nitrogens with zero attached hydrogens (tertiary/aromatic N) is 1. The van der Waals surface area contributed by atoms with Gasteiger partial charge in [-0.2, -0.15) is 5.26 Å². The van der Waals surface area contributed by atoms with E-state index in [0.29, 0.717) is 5.92 Å². The van der Waals surface area contributed by atoms with Crippen LogP contribution < -0.4 is 10.9 Å². The first-order valence-electron chi connectivity index (χ1n) is 3.70. The highest BCUT2D eigenvalue weighted by atomic mass is 15.4. The molecular weight excluding hydrogens is 138 g/mol. The summed E-state index contributed by atoms with van der Waals surface area (Å²) in [5.41, 5.74) is 8.20. The molecule has 1 saturated heterocycles. The third kappa shape index (κ3) is 1.02. The van der Waals surface area contributed by atoms with Crippen LogP contribution in [-0.2, 0) is 0 Å². The Balaban J connectivity index is 2.23. The lowest BCUT2D eigenvalue weighted by molar-refractivity contribution is 0.642. The molecule has 1 heterocycles. The van der Waals surface area contributed by atoms with Crippen LogP contribution in [0.1, 0.15) is 6.42 Å². The topological polar surface area (TPSA) is 47.9 Å². The second-order valence-corrected chi connectivity index (χ2v) is 2.83. The lowest BCUT2D eigenvalue weighted by atomic mass is 9.93. The van der Waals surface area contributed by atoms with Crippen molar-refractivity contribution in [1.82, 2.24) is 10.9 Å². The maximum Gasteiger partial charge on any atom is 0.0947 e. The van der Waals surface area contributed by atoms with Crippen LogP contribution in [0.15, 0.2) is 23.4 Å². The van der Waals surface area contributed by atoms with E-state index in [1.54, 1.807) is 0 Å². The molecule has 1 unspecified atom stereocenters. The minimum absolute atomic E-state index is 0.495. The molecule has 11 heavy (non-hydrogen) atoms. The minimum Gasteiger partial charge on any atom is -0.325 e. The van der Waals surface area contributed by atoms with Gasteiger partial charge in [0.2, 0.25) is 0 Å². The molecule has 1 aliphatic heterocycles. The summed E-state index contributed by atoms with van der Waals surface area (Å²) in [6, 6.07) is 2.18. The Morgan fingerprint density at radius 3 is 3.27 bits per heavy atom. The van der Waals surface area contributed by atoms with Gasteiger partial charge in [-0.3, -0.25) is 0 Å². The van der Waals surface area contributed by atoms with Gasteiger partial charge in [0.05, 0.1) is 6.07 Å². The maximum absolute atomic E-state index is 8.62. The molecule has 0 spiro atoms. The molecule has 2 N–H and O–H groups in total. The second kappa shape index (κ2) is 2.40. The van der Waals surface area contributed by atoms with Crippen LogP contribution in [0.5, 0.6) is 0 Å². The van der Waals surface area contributed by atoms with Crippen molar-refractivity contribution in [1.29, 1.82) is 5.26 Å². The molecular formula is C8H9N3. The molecule has 3 heteroatoms. The molecule has 2 rings (SSSR count). The van der Waals surface area contributed by atoms with Crippen LogP contribution in [0.4, 0.5) is 0 Å². The van der Waals surface area contributed by atoms with Crippen LogP contribution in [0.3, 0.4) is 0 Å². The fourth-order valence-electron chi connectivity index (χ4n) is 1.45. The van der Waals surface area contributed by atoms with E-state index >= 15 is 0 Å². The maximum atomic E-state index is 8.62.